The van der Waals surface area contributed by atoms with Crippen molar-refractivity contribution in [2.75, 3.05) is 0 Å². The molecule has 150 valence electrons. The highest BCUT2D eigenvalue weighted by molar-refractivity contribution is 6.28. The fourth-order valence-corrected chi connectivity index (χ4v) is 4.56. The summed E-state index contributed by atoms with van der Waals surface area (Å²) >= 11 is 0. The Balaban J connectivity index is 1.63. The third-order valence-corrected chi connectivity index (χ3v) is 5.89. The molecule has 2 nitrogen and oxygen atoms in total. The minimum Gasteiger partial charge on any atom is -0.354 e. The summed E-state index contributed by atoms with van der Waals surface area (Å²) in [5.74, 6) is 0. The van der Waals surface area contributed by atoms with Crippen molar-refractivity contribution in [3.8, 4) is 16.8 Å². The molecule has 0 atom stereocenters. The highest BCUT2D eigenvalue weighted by atomic mass is 15.0. The largest absolute Gasteiger partial charge is 0.354 e. The number of rotatable bonds is 2. The maximum absolute atomic E-state index is 9.03. The lowest BCUT2D eigenvalue weighted by Gasteiger charge is -2.09. The fourth-order valence-electron chi connectivity index (χ4n) is 4.56. The molecule has 0 unspecified atom stereocenters. The van der Waals surface area contributed by atoms with Crippen LogP contribution in [-0.4, -0.2) is 9.55 Å². The molecule has 0 radical (unpaired) electrons. The van der Waals surface area contributed by atoms with E-state index < -0.39 is 42.3 Å². The van der Waals surface area contributed by atoms with Gasteiger partial charge in [0.05, 0.1) is 23.4 Å². The lowest BCUT2D eigenvalue weighted by atomic mass is 10.1. The molecule has 0 amide bonds. The zero-order valence-electron chi connectivity index (χ0n) is 25.7. The number of nitrogens with one attached hydrogen (secondary N) is 1. The molecule has 32 heavy (non-hydrogen) atoms. The van der Waals surface area contributed by atoms with Gasteiger partial charge in [0.2, 0.25) is 0 Å². The van der Waals surface area contributed by atoms with Crippen molar-refractivity contribution < 1.29 is 12.3 Å². The number of hydrogen-bond donors (Lipinski definition) is 1. The third-order valence-electron chi connectivity index (χ3n) is 5.89. The van der Waals surface area contributed by atoms with E-state index in [0.717, 1.165) is 32.6 Å². The van der Waals surface area contributed by atoms with Gasteiger partial charge in [-0.2, -0.15) is 0 Å². The zero-order chi connectivity index (χ0) is 28.9. The summed E-state index contributed by atoms with van der Waals surface area (Å²) in [7, 11) is 0. The molecule has 1 N–H and O–H groups in total. The van der Waals surface area contributed by atoms with E-state index in [1.54, 1.807) is 4.57 Å². The quantitative estimate of drug-likeness (QED) is 0.293. The van der Waals surface area contributed by atoms with Gasteiger partial charge in [-0.15, -0.1) is 0 Å². The van der Waals surface area contributed by atoms with Crippen molar-refractivity contribution in [2.45, 2.75) is 0 Å². The van der Waals surface area contributed by atoms with E-state index in [1.807, 2.05) is 60.7 Å². The van der Waals surface area contributed by atoms with Gasteiger partial charge in [-0.05, 0) is 47.5 Å². The second-order valence-electron chi connectivity index (χ2n) is 7.63. The summed E-state index contributed by atoms with van der Waals surface area (Å²) in [6.45, 7) is 0. The Morgan fingerprint density at radius 2 is 1.28 bits per heavy atom. The summed E-state index contributed by atoms with van der Waals surface area (Å²) in [4.78, 5) is 3.45. The topological polar surface area (TPSA) is 20.7 Å². The van der Waals surface area contributed by atoms with Crippen LogP contribution in [0.15, 0.2) is 115 Å². The van der Waals surface area contributed by atoms with Crippen LogP contribution in [0.25, 0.3) is 60.4 Å². The SMILES string of the molecule is [2H]c1c([2H])c([2H])c(-c2c([2H])c([2H])c(-n3c4ccccc4c4c5c(ccc43)[nH]c3ccccc35)c([2H])c2[2H])c([2H])c1[2H]. The van der Waals surface area contributed by atoms with Crippen molar-refractivity contribution in [3.63, 3.8) is 0 Å². The zero-order valence-corrected chi connectivity index (χ0v) is 16.7. The van der Waals surface area contributed by atoms with Gasteiger partial charge >= 0.3 is 0 Å². The van der Waals surface area contributed by atoms with E-state index in [9.17, 15) is 0 Å². The van der Waals surface area contributed by atoms with Gasteiger partial charge in [-0.3, -0.25) is 0 Å². The molecule has 7 rings (SSSR count). The van der Waals surface area contributed by atoms with Gasteiger partial charge in [-0.25, -0.2) is 0 Å². The second-order valence-corrected chi connectivity index (χ2v) is 7.63. The average molecular weight is 418 g/mol. The van der Waals surface area contributed by atoms with Crippen LogP contribution >= 0.6 is 0 Å². The van der Waals surface area contributed by atoms with E-state index >= 15 is 0 Å². The summed E-state index contributed by atoms with van der Waals surface area (Å²) in [6, 6.07) is 14.7. The number of hydrogen-bond acceptors (Lipinski definition) is 0. The first-order valence-electron chi connectivity index (χ1n) is 14.7. The van der Waals surface area contributed by atoms with Crippen molar-refractivity contribution in [2.24, 2.45) is 0 Å². The van der Waals surface area contributed by atoms with E-state index in [0.29, 0.717) is 11.0 Å². The van der Waals surface area contributed by atoms with Crippen LogP contribution in [0.4, 0.5) is 0 Å². The number of para-hydroxylation sites is 2. The molecule has 0 saturated heterocycles. The van der Waals surface area contributed by atoms with E-state index in [1.165, 1.54) is 0 Å². The fraction of sp³-hybridized carbons (Fsp3) is 0. The number of nitrogens with zero attached hydrogens (tertiary/aromatic N) is 1. The van der Waals surface area contributed by atoms with Gasteiger partial charge < -0.3 is 9.55 Å². The van der Waals surface area contributed by atoms with Gasteiger partial charge in [0.15, 0.2) is 0 Å². The van der Waals surface area contributed by atoms with E-state index in [4.69, 9.17) is 12.3 Å². The summed E-state index contributed by atoms with van der Waals surface area (Å²) < 4.78 is 78.3. The van der Waals surface area contributed by atoms with Crippen LogP contribution in [-0.2, 0) is 0 Å². The molecular formula is C30H20N2. The Hall–Kier alpha value is -4.30. The molecule has 0 aliphatic rings. The number of H-pyrrole nitrogens is 1. The van der Waals surface area contributed by atoms with Crippen molar-refractivity contribution in [1.82, 2.24) is 9.55 Å². The minimum atomic E-state index is -0.605. The van der Waals surface area contributed by atoms with E-state index in [2.05, 4.69) is 4.98 Å². The van der Waals surface area contributed by atoms with Crippen LogP contribution in [0.2, 0.25) is 0 Å². The molecule has 2 aromatic heterocycles. The summed E-state index contributed by atoms with van der Waals surface area (Å²) in [5.41, 5.74) is 2.61. The number of aromatic amines is 1. The monoisotopic (exact) mass is 417 g/mol. The van der Waals surface area contributed by atoms with Crippen LogP contribution in [0.3, 0.4) is 0 Å². The number of benzene rings is 5. The Morgan fingerprint density at radius 1 is 0.562 bits per heavy atom. The first-order valence-corrected chi connectivity index (χ1v) is 10.2. The lowest BCUT2D eigenvalue weighted by molar-refractivity contribution is 1.18. The maximum Gasteiger partial charge on any atom is 0.0645 e. The molecule has 2 heteroatoms. The normalized spacial score (nSPS) is 15.7. The van der Waals surface area contributed by atoms with Crippen molar-refractivity contribution >= 4 is 43.6 Å². The minimum absolute atomic E-state index is 0.0153. The number of fused-ring (bicyclic) bond motifs is 7. The molecule has 0 aliphatic carbocycles. The Kier molecular flexibility index (Phi) is 2.23. The lowest BCUT2D eigenvalue weighted by Crippen LogP contribution is -1.93. The average Bonchev–Trinajstić information content (AvgIpc) is 3.52. The van der Waals surface area contributed by atoms with E-state index in [-0.39, 0.29) is 28.9 Å². The molecule has 5 aromatic carbocycles. The molecule has 0 aliphatic heterocycles. The van der Waals surface area contributed by atoms with Gasteiger partial charge in [0.1, 0.15) is 0 Å². The molecule has 0 spiro atoms. The first-order chi connectivity index (χ1) is 19.6. The molecule has 2 heterocycles. The Labute approximate surface area is 198 Å². The molecular weight excluding hydrogens is 388 g/mol. The van der Waals surface area contributed by atoms with Gasteiger partial charge in [-0.1, -0.05) is 78.7 Å². The molecule has 0 bridgehead atoms. The molecule has 7 aromatic rings. The highest BCUT2D eigenvalue weighted by Crippen LogP contribution is 2.39. The summed E-state index contributed by atoms with van der Waals surface area (Å²) in [6.07, 6.45) is 0. The summed E-state index contributed by atoms with van der Waals surface area (Å²) in [5, 5.41) is 3.79. The molecule has 0 saturated carbocycles. The van der Waals surface area contributed by atoms with Crippen molar-refractivity contribution in [1.29, 1.82) is 0 Å². The van der Waals surface area contributed by atoms with Crippen LogP contribution in [0.5, 0.6) is 0 Å². The predicted octanol–water partition coefficient (Wildman–Crippen LogP) is 8.09. The Morgan fingerprint density at radius 3 is 2.12 bits per heavy atom. The number of aromatic nitrogens is 2. The second kappa shape index (κ2) is 6.60. The first kappa shape index (κ1) is 10.8. The van der Waals surface area contributed by atoms with Gasteiger partial charge in [0, 0.05) is 38.3 Å². The smallest absolute Gasteiger partial charge is 0.0645 e. The van der Waals surface area contributed by atoms with Gasteiger partial charge in [0.25, 0.3) is 0 Å². The standard InChI is InChI=1S/C30H20N2/c1-2-8-20(9-3-1)21-14-16-22(17-15-21)32-27-13-7-5-11-24(27)30-28(32)19-18-26-29(30)23-10-4-6-12-25(23)31-26/h1-19,31H/i1D,2D,3D,8D,9D,14D,15D,16D,17D. The third kappa shape index (κ3) is 2.41. The van der Waals surface area contributed by atoms with Crippen LogP contribution < -0.4 is 0 Å². The van der Waals surface area contributed by atoms with Crippen LogP contribution in [0, 0.1) is 0 Å². The highest BCUT2D eigenvalue weighted by Gasteiger charge is 2.17. The predicted molar refractivity (Wildman–Crippen MR) is 136 cm³/mol. The maximum atomic E-state index is 9.03. The Bertz CT molecular complexity index is 2210. The van der Waals surface area contributed by atoms with Crippen LogP contribution in [0.1, 0.15) is 12.3 Å². The molecule has 0 fully saturated rings. The van der Waals surface area contributed by atoms with Crippen molar-refractivity contribution in [3.05, 3.63) is 115 Å².